The number of aromatic amines is 1. The highest BCUT2D eigenvalue weighted by Gasteiger charge is 2.01. The summed E-state index contributed by atoms with van der Waals surface area (Å²) in [5, 5.41) is 0. The highest BCUT2D eigenvalue weighted by molar-refractivity contribution is 7.18. The Balaban J connectivity index is 2.64. The van der Waals surface area contributed by atoms with Crippen molar-refractivity contribution in [1.29, 1.82) is 0 Å². The van der Waals surface area contributed by atoms with Crippen LogP contribution in [0.5, 0.6) is 0 Å². The van der Waals surface area contributed by atoms with Crippen LogP contribution in [0, 0.1) is 6.92 Å². The van der Waals surface area contributed by atoms with Crippen LogP contribution < -0.4 is 5.73 Å². The fraction of sp³-hybridized carbons (Fsp3) is 0.250. The lowest BCUT2D eigenvalue weighted by atomic mass is 10.4. The number of H-pyrrole nitrogens is 1. The van der Waals surface area contributed by atoms with Crippen molar-refractivity contribution in [2.45, 2.75) is 13.5 Å². The number of rotatable bonds is 1. The van der Waals surface area contributed by atoms with Crippen molar-refractivity contribution < 1.29 is 0 Å². The summed E-state index contributed by atoms with van der Waals surface area (Å²) in [6, 6.07) is 4.27. The molecule has 2 heterocycles. The molecule has 0 aliphatic carbocycles. The van der Waals surface area contributed by atoms with Gasteiger partial charge in [0.25, 0.3) is 0 Å². The summed E-state index contributed by atoms with van der Waals surface area (Å²) in [5.41, 5.74) is 7.82. The van der Waals surface area contributed by atoms with E-state index < -0.39 is 0 Å². The summed E-state index contributed by atoms with van der Waals surface area (Å²) in [5.74, 6) is 0. The molecule has 0 fully saturated rings. The molecule has 0 aliphatic heterocycles. The maximum Gasteiger partial charge on any atom is 0.0568 e. The molecule has 3 heteroatoms. The van der Waals surface area contributed by atoms with Crippen molar-refractivity contribution >= 4 is 21.6 Å². The lowest BCUT2D eigenvalue weighted by Crippen LogP contribution is -1.95. The predicted octanol–water partition coefficient (Wildman–Crippen LogP) is 2.00. The molecular formula is C8H10N2S. The molecule has 0 bridgehead atoms. The molecule has 0 spiro atoms. The van der Waals surface area contributed by atoms with Crippen molar-refractivity contribution in [3.8, 4) is 0 Å². The summed E-state index contributed by atoms with van der Waals surface area (Å²) in [4.78, 5) is 4.59. The lowest BCUT2D eigenvalue weighted by molar-refractivity contribution is 1.02. The number of fused-ring (bicyclic) bond motifs is 1. The Morgan fingerprint density at radius 1 is 1.55 bits per heavy atom. The van der Waals surface area contributed by atoms with Crippen molar-refractivity contribution in [1.82, 2.24) is 4.98 Å². The van der Waals surface area contributed by atoms with Gasteiger partial charge < -0.3 is 10.7 Å². The molecule has 0 saturated carbocycles. The predicted molar refractivity (Wildman–Crippen MR) is 48.8 cm³/mol. The van der Waals surface area contributed by atoms with E-state index in [-0.39, 0.29) is 0 Å². The molecule has 0 aliphatic rings. The molecule has 0 saturated heterocycles. The van der Waals surface area contributed by atoms with Crippen LogP contribution in [0.15, 0.2) is 12.1 Å². The fourth-order valence-corrected chi connectivity index (χ4v) is 2.16. The minimum absolute atomic E-state index is 0.598. The Morgan fingerprint density at radius 3 is 3.00 bits per heavy atom. The van der Waals surface area contributed by atoms with Crippen LogP contribution in [0.4, 0.5) is 0 Å². The first-order valence-corrected chi connectivity index (χ1v) is 4.39. The van der Waals surface area contributed by atoms with Crippen LogP contribution in [0.25, 0.3) is 10.2 Å². The molecule has 3 N–H and O–H groups in total. The first-order valence-electron chi connectivity index (χ1n) is 3.57. The fourth-order valence-electron chi connectivity index (χ4n) is 1.21. The largest absolute Gasteiger partial charge is 0.357 e. The van der Waals surface area contributed by atoms with Crippen molar-refractivity contribution in [2.24, 2.45) is 5.73 Å². The van der Waals surface area contributed by atoms with E-state index in [2.05, 4.69) is 24.0 Å². The van der Waals surface area contributed by atoms with Crippen molar-refractivity contribution in [2.75, 3.05) is 0 Å². The highest BCUT2D eigenvalue weighted by atomic mass is 32.1. The summed E-state index contributed by atoms with van der Waals surface area (Å²) < 4.78 is 1.31. The third-order valence-electron chi connectivity index (χ3n) is 1.70. The zero-order chi connectivity index (χ0) is 7.84. The molecule has 2 rings (SSSR count). The number of aryl methyl sites for hydroxylation is 1. The molecule has 2 nitrogen and oxygen atoms in total. The van der Waals surface area contributed by atoms with E-state index in [4.69, 9.17) is 5.73 Å². The molecule has 2 aromatic heterocycles. The Hall–Kier alpha value is -0.800. The third-order valence-corrected chi connectivity index (χ3v) is 2.70. The highest BCUT2D eigenvalue weighted by Crippen LogP contribution is 2.24. The van der Waals surface area contributed by atoms with Crippen molar-refractivity contribution in [3.05, 3.63) is 22.7 Å². The van der Waals surface area contributed by atoms with E-state index in [1.165, 1.54) is 15.1 Å². The number of aromatic nitrogens is 1. The molecular weight excluding hydrogens is 156 g/mol. The van der Waals surface area contributed by atoms with Gasteiger partial charge in [-0.3, -0.25) is 0 Å². The van der Waals surface area contributed by atoms with E-state index in [1.807, 2.05) is 0 Å². The molecule has 0 atom stereocenters. The van der Waals surface area contributed by atoms with Crippen molar-refractivity contribution in [3.63, 3.8) is 0 Å². The zero-order valence-corrected chi connectivity index (χ0v) is 7.16. The summed E-state index contributed by atoms with van der Waals surface area (Å²) in [6.45, 7) is 2.71. The van der Waals surface area contributed by atoms with Crippen LogP contribution in [-0.4, -0.2) is 4.98 Å². The minimum Gasteiger partial charge on any atom is -0.357 e. The quantitative estimate of drug-likeness (QED) is 0.668. The zero-order valence-electron chi connectivity index (χ0n) is 6.35. The average molecular weight is 166 g/mol. The van der Waals surface area contributed by atoms with Gasteiger partial charge >= 0.3 is 0 Å². The Bertz CT molecular complexity index is 341. The lowest BCUT2D eigenvalue weighted by Gasteiger charge is -1.85. The van der Waals surface area contributed by atoms with Crippen LogP contribution >= 0.6 is 11.3 Å². The number of hydrogen-bond donors (Lipinski definition) is 2. The van der Waals surface area contributed by atoms with E-state index in [0.29, 0.717) is 6.54 Å². The molecule has 0 aromatic carbocycles. The smallest absolute Gasteiger partial charge is 0.0568 e. The Morgan fingerprint density at radius 2 is 2.36 bits per heavy atom. The molecule has 58 valence electrons. The van der Waals surface area contributed by atoms with E-state index in [1.54, 1.807) is 11.3 Å². The molecule has 11 heavy (non-hydrogen) atoms. The second-order valence-electron chi connectivity index (χ2n) is 2.63. The molecule has 0 amide bonds. The van der Waals surface area contributed by atoms with Gasteiger partial charge in [-0.1, -0.05) is 0 Å². The van der Waals surface area contributed by atoms with Gasteiger partial charge in [-0.25, -0.2) is 0 Å². The Labute approximate surface area is 69.0 Å². The van der Waals surface area contributed by atoms with Gasteiger partial charge in [-0.15, -0.1) is 11.3 Å². The van der Waals surface area contributed by atoms with Gasteiger partial charge in [0.1, 0.15) is 0 Å². The molecule has 0 radical (unpaired) electrons. The van der Waals surface area contributed by atoms with Crippen LogP contribution in [0.2, 0.25) is 0 Å². The summed E-state index contributed by atoms with van der Waals surface area (Å²) in [6.07, 6.45) is 0. The monoisotopic (exact) mass is 166 g/mol. The summed E-state index contributed by atoms with van der Waals surface area (Å²) in [7, 11) is 0. The first-order chi connectivity index (χ1) is 5.29. The second kappa shape index (κ2) is 2.36. The second-order valence-corrected chi connectivity index (χ2v) is 3.92. The van der Waals surface area contributed by atoms with E-state index in [9.17, 15) is 0 Å². The maximum atomic E-state index is 5.48. The van der Waals surface area contributed by atoms with E-state index in [0.717, 1.165) is 5.69 Å². The SMILES string of the molecule is Cc1cc2[nH]c(CN)cc2s1. The van der Waals surface area contributed by atoms with Gasteiger partial charge in [0.05, 0.1) is 10.2 Å². The number of nitrogens with two attached hydrogens (primary N) is 1. The van der Waals surface area contributed by atoms with Crippen LogP contribution in [-0.2, 0) is 6.54 Å². The molecule has 0 unspecified atom stereocenters. The van der Waals surface area contributed by atoms with E-state index >= 15 is 0 Å². The van der Waals surface area contributed by atoms with Crippen LogP contribution in [0.3, 0.4) is 0 Å². The number of nitrogens with one attached hydrogen (secondary N) is 1. The maximum absolute atomic E-state index is 5.48. The van der Waals surface area contributed by atoms with Gasteiger partial charge in [-0.05, 0) is 19.1 Å². The minimum atomic E-state index is 0.598. The van der Waals surface area contributed by atoms with Gasteiger partial charge in [-0.2, -0.15) is 0 Å². The average Bonchev–Trinajstić information content (AvgIpc) is 2.43. The molecule has 2 aromatic rings. The number of hydrogen-bond acceptors (Lipinski definition) is 2. The third kappa shape index (κ3) is 1.06. The normalized spacial score (nSPS) is 11.1. The first kappa shape index (κ1) is 6.88. The van der Waals surface area contributed by atoms with Crippen LogP contribution in [0.1, 0.15) is 10.6 Å². The topological polar surface area (TPSA) is 41.8 Å². The standard InChI is InChI=1S/C8H10N2S/c1-5-2-7-8(11-5)3-6(4-9)10-7/h2-3,10H,4,9H2,1H3. The van der Waals surface area contributed by atoms with Gasteiger partial charge in [0.2, 0.25) is 0 Å². The number of thiophene rings is 1. The van der Waals surface area contributed by atoms with Gasteiger partial charge in [0.15, 0.2) is 0 Å². The van der Waals surface area contributed by atoms with Gasteiger partial charge in [0, 0.05) is 17.1 Å². The summed E-state index contributed by atoms with van der Waals surface area (Å²) >= 11 is 1.80. The Kier molecular flexibility index (Phi) is 1.47.